The van der Waals surface area contributed by atoms with Crippen LogP contribution in [0, 0.1) is 0 Å². The van der Waals surface area contributed by atoms with E-state index in [1.807, 2.05) is 24.3 Å². The van der Waals surface area contributed by atoms with Crippen LogP contribution in [0.5, 0.6) is 0 Å². The minimum atomic E-state index is -0.847. The number of hydrogen-bond acceptors (Lipinski definition) is 3. The Kier molecular flexibility index (Phi) is 2.72. The maximum absolute atomic E-state index is 11.4. The molecule has 1 unspecified atom stereocenters. The van der Waals surface area contributed by atoms with E-state index in [9.17, 15) is 9.90 Å². The van der Waals surface area contributed by atoms with Gasteiger partial charge in [-0.2, -0.15) is 0 Å². The monoisotopic (exact) mass is 242 g/mol. The molecule has 1 aromatic heterocycles. The molecule has 4 nitrogen and oxygen atoms in total. The van der Waals surface area contributed by atoms with Crippen molar-refractivity contribution >= 4 is 16.7 Å². The van der Waals surface area contributed by atoms with E-state index < -0.39 is 12.0 Å². The number of rotatable bonds is 4. The Bertz CT molecular complexity index is 588. The van der Waals surface area contributed by atoms with Gasteiger partial charge in [-0.3, -0.25) is 15.1 Å². The van der Waals surface area contributed by atoms with Crippen molar-refractivity contribution in [1.29, 1.82) is 0 Å². The SMILES string of the molecule is O=C(O)C(NC1CC1)c1cncc2ccccc12. The molecule has 0 spiro atoms. The van der Waals surface area contributed by atoms with Gasteiger partial charge >= 0.3 is 5.97 Å². The van der Waals surface area contributed by atoms with E-state index >= 15 is 0 Å². The first-order valence-electron chi connectivity index (χ1n) is 6.07. The molecule has 2 aromatic rings. The van der Waals surface area contributed by atoms with Gasteiger partial charge in [0.05, 0.1) is 0 Å². The van der Waals surface area contributed by atoms with Crippen molar-refractivity contribution in [2.75, 3.05) is 0 Å². The number of carbonyl (C=O) groups is 1. The summed E-state index contributed by atoms with van der Waals surface area (Å²) in [6.45, 7) is 0. The summed E-state index contributed by atoms with van der Waals surface area (Å²) in [6.07, 6.45) is 5.52. The van der Waals surface area contributed by atoms with Crippen molar-refractivity contribution in [2.45, 2.75) is 24.9 Å². The van der Waals surface area contributed by atoms with Gasteiger partial charge in [0.2, 0.25) is 0 Å². The summed E-state index contributed by atoms with van der Waals surface area (Å²) in [6, 6.07) is 7.40. The predicted octanol–water partition coefficient (Wildman–Crippen LogP) is 2.11. The third-order valence-electron chi connectivity index (χ3n) is 3.24. The fraction of sp³-hybridized carbons (Fsp3) is 0.286. The molecule has 92 valence electrons. The second-order valence-corrected chi connectivity index (χ2v) is 4.66. The number of fused-ring (bicyclic) bond motifs is 1. The molecule has 4 heteroatoms. The second kappa shape index (κ2) is 4.38. The molecule has 0 amide bonds. The van der Waals surface area contributed by atoms with E-state index in [-0.39, 0.29) is 0 Å². The molecule has 0 bridgehead atoms. The summed E-state index contributed by atoms with van der Waals surface area (Å²) in [5, 5.41) is 14.5. The first-order chi connectivity index (χ1) is 8.75. The Morgan fingerprint density at radius 1 is 1.33 bits per heavy atom. The van der Waals surface area contributed by atoms with Crippen LogP contribution in [0.4, 0.5) is 0 Å². The molecule has 1 saturated carbocycles. The normalized spacial score (nSPS) is 16.7. The number of carboxylic acids is 1. The van der Waals surface area contributed by atoms with Gasteiger partial charge in [-0.25, -0.2) is 0 Å². The van der Waals surface area contributed by atoms with Gasteiger partial charge in [-0.1, -0.05) is 24.3 Å². The summed E-state index contributed by atoms with van der Waals surface area (Å²) in [5.74, 6) is -0.847. The zero-order chi connectivity index (χ0) is 12.5. The van der Waals surface area contributed by atoms with Crippen LogP contribution in [-0.2, 0) is 4.79 Å². The highest BCUT2D eigenvalue weighted by Gasteiger charge is 2.30. The minimum absolute atomic E-state index is 0.338. The minimum Gasteiger partial charge on any atom is -0.480 e. The van der Waals surface area contributed by atoms with Crippen LogP contribution in [0.1, 0.15) is 24.4 Å². The zero-order valence-electron chi connectivity index (χ0n) is 9.84. The van der Waals surface area contributed by atoms with Crippen LogP contribution < -0.4 is 5.32 Å². The molecular weight excluding hydrogens is 228 g/mol. The van der Waals surface area contributed by atoms with Crippen LogP contribution in [0.15, 0.2) is 36.7 Å². The van der Waals surface area contributed by atoms with Crippen LogP contribution >= 0.6 is 0 Å². The summed E-state index contributed by atoms with van der Waals surface area (Å²) >= 11 is 0. The maximum Gasteiger partial charge on any atom is 0.325 e. The van der Waals surface area contributed by atoms with Gasteiger partial charge in [0.15, 0.2) is 0 Å². The molecular formula is C14H14N2O2. The number of nitrogens with zero attached hydrogens (tertiary/aromatic N) is 1. The van der Waals surface area contributed by atoms with E-state index in [2.05, 4.69) is 10.3 Å². The van der Waals surface area contributed by atoms with Crippen LogP contribution in [0.25, 0.3) is 10.8 Å². The summed E-state index contributed by atoms with van der Waals surface area (Å²) in [4.78, 5) is 15.6. The highest BCUT2D eigenvalue weighted by atomic mass is 16.4. The first-order valence-corrected chi connectivity index (χ1v) is 6.07. The lowest BCUT2D eigenvalue weighted by Gasteiger charge is -2.16. The van der Waals surface area contributed by atoms with Gasteiger partial charge in [0.25, 0.3) is 0 Å². The van der Waals surface area contributed by atoms with E-state index in [0.29, 0.717) is 6.04 Å². The van der Waals surface area contributed by atoms with E-state index in [1.165, 1.54) is 0 Å². The molecule has 1 fully saturated rings. The Labute approximate surface area is 105 Å². The number of hydrogen-bond donors (Lipinski definition) is 2. The maximum atomic E-state index is 11.4. The van der Waals surface area contributed by atoms with Crippen LogP contribution in [0.2, 0.25) is 0 Å². The molecule has 2 N–H and O–H groups in total. The Morgan fingerprint density at radius 3 is 2.83 bits per heavy atom. The van der Waals surface area contributed by atoms with Crippen LogP contribution in [0.3, 0.4) is 0 Å². The summed E-state index contributed by atoms with van der Waals surface area (Å²) in [5.41, 5.74) is 0.743. The van der Waals surface area contributed by atoms with E-state index in [0.717, 1.165) is 29.2 Å². The molecule has 0 aliphatic heterocycles. The second-order valence-electron chi connectivity index (χ2n) is 4.66. The molecule has 1 aliphatic rings. The fourth-order valence-corrected chi connectivity index (χ4v) is 2.15. The molecule has 1 heterocycles. The van der Waals surface area contributed by atoms with Crippen molar-refractivity contribution in [1.82, 2.24) is 10.3 Å². The van der Waals surface area contributed by atoms with Gasteiger partial charge < -0.3 is 5.11 Å². The molecule has 1 aliphatic carbocycles. The predicted molar refractivity (Wildman–Crippen MR) is 68.3 cm³/mol. The molecule has 18 heavy (non-hydrogen) atoms. The third kappa shape index (κ3) is 2.07. The lowest BCUT2D eigenvalue weighted by molar-refractivity contribution is -0.139. The van der Waals surface area contributed by atoms with Crippen molar-refractivity contribution < 1.29 is 9.90 Å². The van der Waals surface area contributed by atoms with E-state index in [4.69, 9.17) is 0 Å². The standard InChI is InChI=1S/C14H14N2O2/c17-14(18)13(16-10-5-6-10)12-8-15-7-9-3-1-2-4-11(9)12/h1-4,7-8,10,13,16H,5-6H2,(H,17,18). The van der Waals surface area contributed by atoms with Gasteiger partial charge in [0, 0.05) is 29.4 Å². The number of carboxylic acid groups (broad SMARTS) is 1. The average Bonchev–Trinajstić information content (AvgIpc) is 3.19. The Balaban J connectivity index is 2.07. The zero-order valence-corrected chi connectivity index (χ0v) is 9.84. The van der Waals surface area contributed by atoms with Gasteiger partial charge in [-0.15, -0.1) is 0 Å². The summed E-state index contributed by atoms with van der Waals surface area (Å²) in [7, 11) is 0. The Hall–Kier alpha value is -1.94. The Morgan fingerprint density at radius 2 is 2.11 bits per heavy atom. The number of aromatic nitrogens is 1. The lowest BCUT2D eigenvalue weighted by Crippen LogP contribution is -2.30. The largest absolute Gasteiger partial charge is 0.480 e. The van der Waals surface area contributed by atoms with Gasteiger partial charge in [0.1, 0.15) is 6.04 Å². The first kappa shape index (κ1) is 11.2. The number of benzene rings is 1. The number of nitrogens with one attached hydrogen (secondary N) is 1. The fourth-order valence-electron chi connectivity index (χ4n) is 2.15. The number of pyridine rings is 1. The van der Waals surface area contributed by atoms with Crippen molar-refractivity contribution in [2.24, 2.45) is 0 Å². The van der Waals surface area contributed by atoms with Crippen molar-refractivity contribution in [3.63, 3.8) is 0 Å². The average molecular weight is 242 g/mol. The molecule has 0 saturated heterocycles. The van der Waals surface area contributed by atoms with E-state index in [1.54, 1.807) is 12.4 Å². The quantitative estimate of drug-likeness (QED) is 0.862. The van der Waals surface area contributed by atoms with Crippen molar-refractivity contribution in [3.8, 4) is 0 Å². The third-order valence-corrected chi connectivity index (χ3v) is 3.24. The molecule has 1 atom stereocenters. The molecule has 3 rings (SSSR count). The molecule has 0 radical (unpaired) electrons. The molecule has 1 aromatic carbocycles. The lowest BCUT2D eigenvalue weighted by atomic mass is 10.0. The number of aliphatic carboxylic acids is 1. The smallest absolute Gasteiger partial charge is 0.325 e. The highest BCUT2D eigenvalue weighted by molar-refractivity contribution is 5.89. The summed E-state index contributed by atoms with van der Waals surface area (Å²) < 4.78 is 0. The van der Waals surface area contributed by atoms with Crippen LogP contribution in [-0.4, -0.2) is 22.1 Å². The van der Waals surface area contributed by atoms with Crippen molar-refractivity contribution in [3.05, 3.63) is 42.2 Å². The van der Waals surface area contributed by atoms with Gasteiger partial charge in [-0.05, 0) is 18.2 Å². The topological polar surface area (TPSA) is 62.2 Å². The highest BCUT2D eigenvalue weighted by Crippen LogP contribution is 2.28.